The highest BCUT2D eigenvalue weighted by molar-refractivity contribution is 4.77. The van der Waals surface area contributed by atoms with Crippen molar-refractivity contribution in [3.05, 3.63) is 0 Å². The van der Waals surface area contributed by atoms with Gasteiger partial charge in [-0.1, -0.05) is 6.92 Å². The maximum Gasteiger partial charge on any atom is 0.0600 e. The first kappa shape index (κ1) is 13.9. The van der Waals surface area contributed by atoms with E-state index in [2.05, 4.69) is 37.9 Å². The second-order valence-electron chi connectivity index (χ2n) is 5.65. The maximum absolute atomic E-state index is 5.76. The summed E-state index contributed by atoms with van der Waals surface area (Å²) in [5, 5.41) is 3.55. The van der Waals surface area contributed by atoms with Crippen molar-refractivity contribution in [2.24, 2.45) is 0 Å². The van der Waals surface area contributed by atoms with Crippen LogP contribution in [-0.2, 0) is 4.74 Å². The molecule has 0 radical (unpaired) electrons. The number of ether oxygens (including phenoxy) is 1. The average molecular weight is 228 g/mol. The lowest BCUT2D eigenvalue weighted by atomic mass is 10.2. The molecular weight excluding hydrogens is 200 g/mol. The fourth-order valence-electron chi connectivity index (χ4n) is 2.08. The fourth-order valence-corrected chi connectivity index (χ4v) is 2.08. The maximum atomic E-state index is 5.76. The molecule has 0 spiro atoms. The summed E-state index contributed by atoms with van der Waals surface area (Å²) in [6.45, 7) is 13.9. The summed E-state index contributed by atoms with van der Waals surface area (Å²) in [5.41, 5.74) is -0.00891. The molecule has 0 bridgehead atoms. The van der Waals surface area contributed by atoms with Gasteiger partial charge in [-0.2, -0.15) is 0 Å². The molecule has 1 aliphatic rings. The molecule has 1 heterocycles. The quantitative estimate of drug-likeness (QED) is 0.751. The van der Waals surface area contributed by atoms with Crippen LogP contribution in [-0.4, -0.2) is 49.3 Å². The van der Waals surface area contributed by atoms with E-state index in [1.165, 1.54) is 25.9 Å². The van der Waals surface area contributed by atoms with E-state index in [0.717, 1.165) is 19.7 Å². The molecule has 0 aromatic heterocycles. The normalized spacial score (nSPS) is 21.9. The lowest BCUT2D eigenvalue weighted by Crippen LogP contribution is -2.39. The van der Waals surface area contributed by atoms with E-state index in [0.29, 0.717) is 6.04 Å². The van der Waals surface area contributed by atoms with Gasteiger partial charge < -0.3 is 10.1 Å². The van der Waals surface area contributed by atoms with Crippen LogP contribution in [0.4, 0.5) is 0 Å². The Bertz CT molecular complexity index is 183. The van der Waals surface area contributed by atoms with E-state index in [1.54, 1.807) is 0 Å². The van der Waals surface area contributed by atoms with Crippen LogP contribution in [0.5, 0.6) is 0 Å². The predicted octanol–water partition coefficient (Wildman–Crippen LogP) is 1.88. The molecule has 3 heteroatoms. The standard InChI is InChI=1S/C13H28N2O/c1-5-15(9-10-16-13(2,3)4)11-12-7-6-8-14-12/h12,14H,5-11H2,1-4H3. The summed E-state index contributed by atoms with van der Waals surface area (Å²) in [5.74, 6) is 0. The predicted molar refractivity (Wildman–Crippen MR) is 68.8 cm³/mol. The van der Waals surface area contributed by atoms with E-state index in [-0.39, 0.29) is 5.60 Å². The van der Waals surface area contributed by atoms with Gasteiger partial charge in [0.15, 0.2) is 0 Å². The summed E-state index contributed by atoms with van der Waals surface area (Å²) in [6.07, 6.45) is 2.66. The van der Waals surface area contributed by atoms with Crippen molar-refractivity contribution in [3.63, 3.8) is 0 Å². The Labute approximate surface area is 101 Å². The Morgan fingerprint density at radius 1 is 1.38 bits per heavy atom. The van der Waals surface area contributed by atoms with Gasteiger partial charge in [0.1, 0.15) is 0 Å². The van der Waals surface area contributed by atoms with Crippen molar-refractivity contribution in [2.45, 2.75) is 52.2 Å². The minimum absolute atomic E-state index is 0.00891. The zero-order chi connectivity index (χ0) is 12.0. The van der Waals surface area contributed by atoms with Crippen LogP contribution in [0.25, 0.3) is 0 Å². The third-order valence-corrected chi connectivity index (χ3v) is 3.03. The summed E-state index contributed by atoms with van der Waals surface area (Å²) in [6, 6.07) is 0.703. The van der Waals surface area contributed by atoms with Crippen LogP contribution in [0.15, 0.2) is 0 Å². The Morgan fingerprint density at radius 2 is 2.12 bits per heavy atom. The minimum Gasteiger partial charge on any atom is -0.375 e. The second kappa shape index (κ2) is 6.58. The van der Waals surface area contributed by atoms with Crippen LogP contribution in [0.2, 0.25) is 0 Å². The topological polar surface area (TPSA) is 24.5 Å². The highest BCUT2D eigenvalue weighted by Gasteiger charge is 2.17. The summed E-state index contributed by atoms with van der Waals surface area (Å²) in [7, 11) is 0. The molecule has 16 heavy (non-hydrogen) atoms. The van der Waals surface area contributed by atoms with Gasteiger partial charge in [0.2, 0.25) is 0 Å². The lowest BCUT2D eigenvalue weighted by molar-refractivity contribution is -0.0132. The zero-order valence-electron chi connectivity index (χ0n) is 11.4. The van der Waals surface area contributed by atoms with Crippen molar-refractivity contribution in [3.8, 4) is 0 Å². The number of nitrogens with one attached hydrogen (secondary N) is 1. The highest BCUT2D eigenvalue weighted by Crippen LogP contribution is 2.08. The average Bonchev–Trinajstić information content (AvgIpc) is 2.67. The van der Waals surface area contributed by atoms with Gasteiger partial charge in [-0.15, -0.1) is 0 Å². The fraction of sp³-hybridized carbons (Fsp3) is 1.00. The third-order valence-electron chi connectivity index (χ3n) is 3.03. The van der Waals surface area contributed by atoms with Gasteiger partial charge >= 0.3 is 0 Å². The van der Waals surface area contributed by atoms with Gasteiger partial charge in [0.25, 0.3) is 0 Å². The SMILES string of the molecule is CCN(CCOC(C)(C)C)CC1CCCN1. The minimum atomic E-state index is -0.00891. The molecule has 0 amide bonds. The van der Waals surface area contributed by atoms with E-state index in [1.807, 2.05) is 0 Å². The van der Waals surface area contributed by atoms with Gasteiger partial charge in [0.05, 0.1) is 12.2 Å². The van der Waals surface area contributed by atoms with Gasteiger partial charge in [-0.05, 0) is 46.7 Å². The molecule has 1 N–H and O–H groups in total. The smallest absolute Gasteiger partial charge is 0.0600 e. The third kappa shape index (κ3) is 5.83. The first-order valence-electron chi connectivity index (χ1n) is 6.61. The van der Waals surface area contributed by atoms with Crippen molar-refractivity contribution in [2.75, 3.05) is 32.8 Å². The van der Waals surface area contributed by atoms with Crippen LogP contribution in [0, 0.1) is 0 Å². The molecule has 1 atom stereocenters. The first-order valence-corrected chi connectivity index (χ1v) is 6.61. The second-order valence-corrected chi connectivity index (χ2v) is 5.65. The van der Waals surface area contributed by atoms with E-state index in [4.69, 9.17) is 4.74 Å². The Balaban J connectivity index is 2.15. The summed E-state index contributed by atoms with van der Waals surface area (Å²) in [4.78, 5) is 2.48. The molecule has 1 fully saturated rings. The molecule has 0 saturated carbocycles. The molecule has 0 aromatic carbocycles. The van der Waals surface area contributed by atoms with Crippen molar-refractivity contribution >= 4 is 0 Å². The molecular formula is C13H28N2O. The monoisotopic (exact) mass is 228 g/mol. The molecule has 1 saturated heterocycles. The number of hydrogen-bond acceptors (Lipinski definition) is 3. The van der Waals surface area contributed by atoms with E-state index < -0.39 is 0 Å². The lowest BCUT2D eigenvalue weighted by Gasteiger charge is -2.26. The van der Waals surface area contributed by atoms with Gasteiger partial charge in [-0.3, -0.25) is 4.90 Å². The molecule has 1 rings (SSSR count). The first-order chi connectivity index (χ1) is 7.51. The molecule has 96 valence electrons. The Hall–Kier alpha value is -0.120. The Kier molecular flexibility index (Phi) is 5.73. The van der Waals surface area contributed by atoms with Crippen LogP contribution in [0.3, 0.4) is 0 Å². The number of rotatable bonds is 6. The molecule has 3 nitrogen and oxygen atoms in total. The number of likely N-dealkylation sites (N-methyl/N-ethyl adjacent to an activating group) is 1. The molecule has 1 unspecified atom stereocenters. The summed E-state index contributed by atoms with van der Waals surface area (Å²) < 4.78 is 5.76. The molecule has 0 aromatic rings. The van der Waals surface area contributed by atoms with Gasteiger partial charge in [0, 0.05) is 19.1 Å². The van der Waals surface area contributed by atoms with Crippen LogP contribution < -0.4 is 5.32 Å². The number of nitrogens with zero attached hydrogens (tertiary/aromatic N) is 1. The largest absolute Gasteiger partial charge is 0.375 e. The number of hydrogen-bond donors (Lipinski definition) is 1. The molecule has 1 aliphatic heterocycles. The Morgan fingerprint density at radius 3 is 2.62 bits per heavy atom. The van der Waals surface area contributed by atoms with Crippen molar-refractivity contribution < 1.29 is 4.74 Å². The molecule has 0 aliphatic carbocycles. The van der Waals surface area contributed by atoms with Crippen LogP contribution >= 0.6 is 0 Å². The van der Waals surface area contributed by atoms with Crippen molar-refractivity contribution in [1.82, 2.24) is 10.2 Å². The highest BCUT2D eigenvalue weighted by atomic mass is 16.5. The van der Waals surface area contributed by atoms with Gasteiger partial charge in [-0.25, -0.2) is 0 Å². The van der Waals surface area contributed by atoms with E-state index >= 15 is 0 Å². The van der Waals surface area contributed by atoms with Crippen LogP contribution in [0.1, 0.15) is 40.5 Å². The summed E-state index contributed by atoms with van der Waals surface area (Å²) >= 11 is 0. The van der Waals surface area contributed by atoms with Crippen molar-refractivity contribution in [1.29, 1.82) is 0 Å². The van der Waals surface area contributed by atoms with E-state index in [9.17, 15) is 0 Å². The zero-order valence-corrected chi connectivity index (χ0v) is 11.4.